The lowest BCUT2D eigenvalue weighted by molar-refractivity contribution is 0.577. The summed E-state index contributed by atoms with van der Waals surface area (Å²) in [5.74, 6) is -0.810. The van der Waals surface area contributed by atoms with Crippen LogP contribution in [0, 0.1) is 16.4 Å². The van der Waals surface area contributed by atoms with Crippen molar-refractivity contribution in [3.63, 3.8) is 0 Å². The minimum atomic E-state index is -0.685. The molecule has 0 radical (unpaired) electrons. The molecule has 0 bridgehead atoms. The average Bonchev–Trinajstić information content (AvgIpc) is 2.99. The third-order valence-corrected chi connectivity index (χ3v) is 3.70. The summed E-state index contributed by atoms with van der Waals surface area (Å²) in [5.41, 5.74) is 0.170. The Balaban J connectivity index is 2.26. The fourth-order valence-corrected chi connectivity index (χ4v) is 2.69. The molecule has 0 aliphatic carbocycles. The maximum atomic E-state index is 13.9. The third kappa shape index (κ3) is 2.11. The van der Waals surface area contributed by atoms with Crippen LogP contribution in [-0.2, 0) is 0 Å². The first-order valence-electron chi connectivity index (χ1n) is 5.33. The van der Waals surface area contributed by atoms with Gasteiger partial charge in [-0.15, -0.1) is 11.3 Å². The molecule has 1 N–H and O–H groups in total. The summed E-state index contributed by atoms with van der Waals surface area (Å²) in [6.07, 6.45) is 0. The van der Waals surface area contributed by atoms with Gasteiger partial charge in [-0.25, -0.2) is 8.78 Å². The summed E-state index contributed by atoms with van der Waals surface area (Å²) in [7, 11) is 0. The van der Waals surface area contributed by atoms with Crippen molar-refractivity contribution in [2.75, 3.05) is 0 Å². The van der Waals surface area contributed by atoms with Gasteiger partial charge in [0.25, 0.3) is 0 Å². The molecule has 0 saturated carbocycles. The second-order valence-corrected chi connectivity index (χ2v) is 5.10. The predicted molar refractivity (Wildman–Crippen MR) is 72.0 cm³/mol. The summed E-state index contributed by atoms with van der Waals surface area (Å²) < 4.78 is 28.5. The quantitative estimate of drug-likeness (QED) is 0.727. The van der Waals surface area contributed by atoms with Gasteiger partial charge in [0.1, 0.15) is 11.6 Å². The van der Waals surface area contributed by atoms with E-state index in [1.807, 2.05) is 17.5 Å². The molecule has 0 saturated heterocycles. The molecule has 96 valence electrons. The second kappa shape index (κ2) is 4.67. The van der Waals surface area contributed by atoms with Crippen LogP contribution in [0.5, 0.6) is 0 Å². The zero-order valence-electron chi connectivity index (χ0n) is 9.43. The zero-order chi connectivity index (χ0) is 13.4. The summed E-state index contributed by atoms with van der Waals surface area (Å²) in [4.78, 5) is 0.844. The maximum Gasteiger partial charge on any atom is 0.200 e. The monoisotopic (exact) mass is 295 g/mol. The van der Waals surface area contributed by atoms with Gasteiger partial charge in [-0.2, -0.15) is 5.10 Å². The van der Waals surface area contributed by atoms with Crippen LogP contribution in [0.2, 0.25) is 0 Å². The van der Waals surface area contributed by atoms with Crippen LogP contribution in [0.25, 0.3) is 16.4 Å². The van der Waals surface area contributed by atoms with Gasteiger partial charge in [-0.1, -0.05) is 6.07 Å². The van der Waals surface area contributed by atoms with Crippen molar-refractivity contribution in [3.8, 4) is 16.4 Å². The van der Waals surface area contributed by atoms with Gasteiger partial charge >= 0.3 is 0 Å². The Morgan fingerprint density at radius 3 is 2.79 bits per heavy atom. The standard InChI is InChI=1S/C12H7F2N3S2/c13-7-3-4-9(8(14)6-7)17-11(15-16-12(17)18)10-2-1-5-19-10/h1-6H,(H,16,18). The summed E-state index contributed by atoms with van der Waals surface area (Å²) in [6, 6.07) is 7.07. The van der Waals surface area contributed by atoms with Gasteiger partial charge in [-0.3, -0.25) is 9.67 Å². The molecule has 0 amide bonds. The molecule has 0 aliphatic rings. The van der Waals surface area contributed by atoms with Gasteiger partial charge in [-0.05, 0) is 35.8 Å². The van der Waals surface area contributed by atoms with Crippen LogP contribution in [0.15, 0.2) is 35.7 Å². The van der Waals surface area contributed by atoms with Gasteiger partial charge in [0.15, 0.2) is 10.6 Å². The largest absolute Gasteiger partial charge is 0.264 e. The number of hydrogen-bond donors (Lipinski definition) is 1. The minimum absolute atomic E-state index is 0.170. The number of nitrogens with one attached hydrogen (secondary N) is 1. The van der Waals surface area contributed by atoms with Crippen LogP contribution in [0.4, 0.5) is 8.78 Å². The van der Waals surface area contributed by atoms with Crippen molar-refractivity contribution in [3.05, 3.63) is 52.1 Å². The third-order valence-electron chi connectivity index (χ3n) is 2.56. The molecule has 7 heteroatoms. The van der Waals surface area contributed by atoms with E-state index in [0.717, 1.165) is 10.9 Å². The molecule has 0 fully saturated rings. The van der Waals surface area contributed by atoms with E-state index >= 15 is 0 Å². The molecule has 3 nitrogen and oxygen atoms in total. The number of rotatable bonds is 2. The molecule has 3 rings (SSSR count). The van der Waals surface area contributed by atoms with E-state index in [2.05, 4.69) is 10.2 Å². The maximum absolute atomic E-state index is 13.9. The van der Waals surface area contributed by atoms with E-state index in [1.165, 1.54) is 28.0 Å². The van der Waals surface area contributed by atoms with Crippen LogP contribution in [0.1, 0.15) is 0 Å². The van der Waals surface area contributed by atoms with Crippen LogP contribution >= 0.6 is 23.6 Å². The molecule has 0 unspecified atom stereocenters. The highest BCUT2D eigenvalue weighted by Gasteiger charge is 2.15. The summed E-state index contributed by atoms with van der Waals surface area (Å²) in [6.45, 7) is 0. The molecule has 3 aromatic rings. The lowest BCUT2D eigenvalue weighted by Gasteiger charge is -2.06. The van der Waals surface area contributed by atoms with Crippen molar-refractivity contribution in [1.29, 1.82) is 0 Å². The Bertz CT molecular complexity index is 775. The smallest absolute Gasteiger partial charge is 0.200 e. The number of halogens is 2. The Hall–Kier alpha value is -1.86. The number of benzene rings is 1. The molecular weight excluding hydrogens is 288 g/mol. The fraction of sp³-hybridized carbons (Fsp3) is 0. The van der Waals surface area contributed by atoms with Gasteiger partial charge in [0.05, 0.1) is 10.6 Å². The van der Waals surface area contributed by atoms with Crippen LogP contribution in [-0.4, -0.2) is 14.8 Å². The van der Waals surface area contributed by atoms with Crippen molar-refractivity contribution in [1.82, 2.24) is 14.8 Å². The van der Waals surface area contributed by atoms with Crippen LogP contribution < -0.4 is 0 Å². The average molecular weight is 295 g/mol. The Labute approximate surface area is 116 Å². The number of aromatic nitrogens is 3. The molecule has 2 aromatic heterocycles. The number of aromatic amines is 1. The molecule has 0 aliphatic heterocycles. The van der Waals surface area contributed by atoms with Crippen molar-refractivity contribution in [2.45, 2.75) is 0 Å². The Kier molecular flexibility index (Phi) is 3.00. The normalized spacial score (nSPS) is 10.8. The van der Waals surface area contributed by atoms with Gasteiger partial charge in [0, 0.05) is 6.07 Å². The highest BCUT2D eigenvalue weighted by atomic mass is 32.1. The van der Waals surface area contributed by atoms with Crippen molar-refractivity contribution < 1.29 is 8.78 Å². The van der Waals surface area contributed by atoms with E-state index in [0.29, 0.717) is 5.82 Å². The molecule has 2 heterocycles. The number of H-pyrrole nitrogens is 1. The van der Waals surface area contributed by atoms with Gasteiger partial charge < -0.3 is 0 Å². The highest BCUT2D eigenvalue weighted by molar-refractivity contribution is 7.71. The predicted octanol–water partition coefficient (Wildman–Crippen LogP) is 3.94. The van der Waals surface area contributed by atoms with E-state index in [9.17, 15) is 8.78 Å². The van der Waals surface area contributed by atoms with Gasteiger partial charge in [0.2, 0.25) is 0 Å². The molecule has 1 aromatic carbocycles. The minimum Gasteiger partial charge on any atom is -0.264 e. The molecule has 19 heavy (non-hydrogen) atoms. The SMILES string of the molecule is Fc1ccc(-n2c(-c3cccs3)n[nH]c2=S)c(F)c1. The number of hydrogen-bond acceptors (Lipinski definition) is 3. The second-order valence-electron chi connectivity index (χ2n) is 3.76. The van der Waals surface area contributed by atoms with Crippen molar-refractivity contribution >= 4 is 23.6 Å². The lowest BCUT2D eigenvalue weighted by Crippen LogP contribution is -2.00. The number of nitrogens with zero attached hydrogens (tertiary/aromatic N) is 2. The first kappa shape index (κ1) is 12.2. The van der Waals surface area contributed by atoms with Crippen molar-refractivity contribution in [2.24, 2.45) is 0 Å². The lowest BCUT2D eigenvalue weighted by atomic mass is 10.3. The van der Waals surface area contributed by atoms with E-state index in [1.54, 1.807) is 0 Å². The topological polar surface area (TPSA) is 33.6 Å². The first-order chi connectivity index (χ1) is 9.16. The van der Waals surface area contributed by atoms with Crippen LogP contribution in [0.3, 0.4) is 0 Å². The molecule has 0 spiro atoms. The Morgan fingerprint density at radius 1 is 1.26 bits per heavy atom. The summed E-state index contributed by atoms with van der Waals surface area (Å²) >= 11 is 6.57. The van der Waals surface area contributed by atoms with E-state index < -0.39 is 11.6 Å². The molecular formula is C12H7F2N3S2. The summed E-state index contributed by atoms with van der Waals surface area (Å²) in [5, 5.41) is 8.61. The fourth-order valence-electron chi connectivity index (χ4n) is 1.75. The highest BCUT2D eigenvalue weighted by Crippen LogP contribution is 2.26. The molecule has 0 atom stereocenters. The zero-order valence-corrected chi connectivity index (χ0v) is 11.1. The first-order valence-corrected chi connectivity index (χ1v) is 6.62. The Morgan fingerprint density at radius 2 is 2.11 bits per heavy atom. The van der Waals surface area contributed by atoms with E-state index in [4.69, 9.17) is 12.2 Å². The van der Waals surface area contributed by atoms with E-state index in [-0.39, 0.29) is 10.5 Å². The number of thiophene rings is 1.